The fourth-order valence-corrected chi connectivity index (χ4v) is 2.60. The first-order valence-electron chi connectivity index (χ1n) is 7.68. The van der Waals surface area contributed by atoms with Crippen LogP contribution in [0.15, 0.2) is 9.59 Å². The van der Waals surface area contributed by atoms with Gasteiger partial charge in [-0.05, 0) is 18.8 Å². The Kier molecular flexibility index (Phi) is 5.17. The number of hydrogen-bond donors (Lipinski definition) is 2. The normalized spacial score (nSPS) is 17.4. The van der Waals surface area contributed by atoms with Gasteiger partial charge in [0.2, 0.25) is 0 Å². The van der Waals surface area contributed by atoms with Gasteiger partial charge in [-0.1, -0.05) is 20.3 Å². The van der Waals surface area contributed by atoms with Crippen molar-refractivity contribution in [1.29, 1.82) is 0 Å². The summed E-state index contributed by atoms with van der Waals surface area (Å²) in [5, 5.41) is 6.42. The summed E-state index contributed by atoms with van der Waals surface area (Å²) in [6.07, 6.45) is 3.38. The molecule has 112 valence electrons. The predicted molar refractivity (Wildman–Crippen MR) is 83.6 cm³/mol. The van der Waals surface area contributed by atoms with Crippen LogP contribution < -0.4 is 26.4 Å². The zero-order valence-corrected chi connectivity index (χ0v) is 12.5. The first-order valence-corrected chi connectivity index (χ1v) is 7.68. The zero-order valence-electron chi connectivity index (χ0n) is 12.5. The summed E-state index contributed by atoms with van der Waals surface area (Å²) in [4.78, 5) is 25.5. The van der Waals surface area contributed by atoms with Crippen molar-refractivity contribution in [3.8, 4) is 0 Å². The van der Waals surface area contributed by atoms with Gasteiger partial charge in [0, 0.05) is 32.7 Å². The van der Waals surface area contributed by atoms with E-state index < -0.39 is 0 Å². The highest BCUT2D eigenvalue weighted by molar-refractivity contribution is 5.75. The Labute approximate surface area is 120 Å². The van der Waals surface area contributed by atoms with Gasteiger partial charge in [0.15, 0.2) is 0 Å². The van der Waals surface area contributed by atoms with Crippen LogP contribution in [-0.4, -0.2) is 32.7 Å². The van der Waals surface area contributed by atoms with Gasteiger partial charge < -0.3 is 15.5 Å². The van der Waals surface area contributed by atoms with E-state index in [2.05, 4.69) is 24.5 Å². The molecule has 1 aliphatic heterocycles. The number of nitrogens with one attached hydrogen (secondary N) is 2. The number of rotatable bonds is 7. The van der Waals surface area contributed by atoms with Crippen molar-refractivity contribution >= 4 is 11.4 Å². The van der Waals surface area contributed by atoms with Gasteiger partial charge in [-0.2, -0.15) is 0 Å². The Bertz CT molecular complexity index is 499. The highest BCUT2D eigenvalue weighted by atomic mass is 16.2. The predicted octanol–water partition coefficient (Wildman–Crippen LogP) is 0.930. The molecule has 1 aromatic carbocycles. The van der Waals surface area contributed by atoms with Crippen LogP contribution in [0, 0.1) is 5.92 Å². The number of nitrogens with zero attached hydrogens (tertiary/aromatic N) is 1. The molecule has 0 spiro atoms. The number of hydrogen-bond acceptors (Lipinski definition) is 5. The highest BCUT2D eigenvalue weighted by Gasteiger charge is 2.26. The monoisotopic (exact) mass is 279 g/mol. The third-order valence-corrected chi connectivity index (χ3v) is 4.19. The molecule has 1 atom stereocenters. The molecule has 2 N–H and O–H groups in total. The molecule has 20 heavy (non-hydrogen) atoms. The molecule has 2 rings (SSSR count). The molecule has 1 unspecified atom stereocenters. The molecule has 0 saturated carbocycles. The minimum Gasteiger partial charge on any atom is -0.380 e. The summed E-state index contributed by atoms with van der Waals surface area (Å²) >= 11 is 0. The minimum absolute atomic E-state index is 0.323. The summed E-state index contributed by atoms with van der Waals surface area (Å²) in [6.45, 7) is 8.53. The molecule has 0 amide bonds. The zero-order chi connectivity index (χ0) is 14.5. The smallest absolute Gasteiger partial charge is 0.253 e. The number of piperazine rings is 1. The molecule has 1 aliphatic rings. The van der Waals surface area contributed by atoms with E-state index >= 15 is 0 Å². The maximum Gasteiger partial charge on any atom is 0.253 e. The fourth-order valence-electron chi connectivity index (χ4n) is 2.60. The average molecular weight is 279 g/mol. The fraction of sp³-hybridized carbons (Fsp3) is 0.733. The highest BCUT2D eigenvalue weighted by Crippen LogP contribution is 2.20. The van der Waals surface area contributed by atoms with Crippen molar-refractivity contribution in [2.45, 2.75) is 33.1 Å². The van der Waals surface area contributed by atoms with Crippen LogP contribution in [0.2, 0.25) is 0 Å². The summed E-state index contributed by atoms with van der Waals surface area (Å²) < 4.78 is 0. The molecule has 1 aromatic rings. The van der Waals surface area contributed by atoms with E-state index in [0.29, 0.717) is 11.4 Å². The van der Waals surface area contributed by atoms with Crippen LogP contribution in [0.1, 0.15) is 33.1 Å². The van der Waals surface area contributed by atoms with Crippen LogP contribution >= 0.6 is 0 Å². The van der Waals surface area contributed by atoms with E-state index in [1.165, 1.54) is 6.42 Å². The molecule has 0 bridgehead atoms. The van der Waals surface area contributed by atoms with E-state index in [-0.39, 0.29) is 10.9 Å². The quantitative estimate of drug-likeness (QED) is 0.574. The van der Waals surface area contributed by atoms with Gasteiger partial charge in [0.25, 0.3) is 10.9 Å². The van der Waals surface area contributed by atoms with Gasteiger partial charge in [-0.3, -0.25) is 9.59 Å². The Morgan fingerprint density at radius 1 is 1.25 bits per heavy atom. The van der Waals surface area contributed by atoms with E-state index in [1.54, 1.807) is 0 Å². The van der Waals surface area contributed by atoms with Gasteiger partial charge >= 0.3 is 0 Å². The molecule has 5 heteroatoms. The first kappa shape index (κ1) is 15.0. The lowest BCUT2D eigenvalue weighted by molar-refractivity contribution is 0.503. The van der Waals surface area contributed by atoms with Crippen LogP contribution in [0.5, 0.6) is 0 Å². The molecular weight excluding hydrogens is 254 g/mol. The molecule has 5 nitrogen and oxygen atoms in total. The molecule has 1 fully saturated rings. The summed E-state index contributed by atoms with van der Waals surface area (Å²) in [6, 6.07) is 0. The topological polar surface area (TPSA) is 61.4 Å². The van der Waals surface area contributed by atoms with Gasteiger partial charge in [-0.15, -0.1) is 0 Å². The van der Waals surface area contributed by atoms with Crippen molar-refractivity contribution in [3.63, 3.8) is 0 Å². The average Bonchev–Trinajstić information content (AvgIpc) is 2.50. The van der Waals surface area contributed by atoms with Crippen LogP contribution in [0.4, 0.5) is 11.4 Å². The second-order valence-corrected chi connectivity index (χ2v) is 5.70. The van der Waals surface area contributed by atoms with E-state index in [4.69, 9.17) is 0 Å². The van der Waals surface area contributed by atoms with Crippen molar-refractivity contribution in [2.75, 3.05) is 42.9 Å². The lowest BCUT2D eigenvalue weighted by atomic mass is 10.0. The van der Waals surface area contributed by atoms with E-state index in [9.17, 15) is 9.59 Å². The van der Waals surface area contributed by atoms with Crippen LogP contribution in [0.3, 0.4) is 0 Å². The molecule has 1 saturated heterocycles. The Morgan fingerprint density at radius 3 is 2.60 bits per heavy atom. The Balaban J connectivity index is 1.90. The third kappa shape index (κ3) is 3.20. The van der Waals surface area contributed by atoms with Crippen LogP contribution in [0.25, 0.3) is 0 Å². The lowest BCUT2D eigenvalue weighted by Crippen LogP contribution is -2.50. The summed E-state index contributed by atoms with van der Waals surface area (Å²) in [5.74, 6) is 0.720. The van der Waals surface area contributed by atoms with Crippen molar-refractivity contribution in [3.05, 3.63) is 20.4 Å². The maximum atomic E-state index is 11.7. The molecule has 0 aliphatic carbocycles. The van der Waals surface area contributed by atoms with Gasteiger partial charge in [-0.25, -0.2) is 0 Å². The number of anilines is 2. The standard InChI is InChI=1S/C15H25N3O2/c1-3-11(2)5-4-6-17-12-13(15(20)14(12)19)18-9-7-16-8-10-18/h11,16-17H,3-10H2,1-2H3. The summed E-state index contributed by atoms with van der Waals surface area (Å²) in [7, 11) is 0. The summed E-state index contributed by atoms with van der Waals surface area (Å²) in [5.41, 5.74) is 0.486. The lowest BCUT2D eigenvalue weighted by Gasteiger charge is -2.31. The third-order valence-electron chi connectivity index (χ3n) is 4.19. The molecule has 0 aromatic heterocycles. The van der Waals surface area contributed by atoms with Crippen LogP contribution in [-0.2, 0) is 0 Å². The molecule has 0 radical (unpaired) electrons. The Hall–Kier alpha value is -1.36. The Morgan fingerprint density at radius 2 is 1.95 bits per heavy atom. The first-order chi connectivity index (χ1) is 9.65. The largest absolute Gasteiger partial charge is 0.380 e. The maximum absolute atomic E-state index is 11.7. The second kappa shape index (κ2) is 6.88. The van der Waals surface area contributed by atoms with E-state index in [0.717, 1.165) is 51.5 Å². The van der Waals surface area contributed by atoms with E-state index in [1.807, 2.05) is 4.90 Å². The van der Waals surface area contributed by atoms with Crippen molar-refractivity contribution in [1.82, 2.24) is 5.32 Å². The molecular formula is C15H25N3O2. The van der Waals surface area contributed by atoms with Crippen molar-refractivity contribution in [2.24, 2.45) is 5.92 Å². The SMILES string of the molecule is CCC(C)CCCNc1c(N2CCNCC2)c(=O)c1=O. The minimum atomic E-state index is -0.345. The second-order valence-electron chi connectivity index (χ2n) is 5.70. The molecule has 1 heterocycles. The van der Waals surface area contributed by atoms with Gasteiger partial charge in [0.05, 0.1) is 0 Å². The van der Waals surface area contributed by atoms with Crippen molar-refractivity contribution < 1.29 is 0 Å². The van der Waals surface area contributed by atoms with Gasteiger partial charge in [0.1, 0.15) is 11.4 Å².